The molecule has 0 bridgehead atoms. The maximum atomic E-state index is 12.3. The lowest BCUT2D eigenvalue weighted by Gasteiger charge is -2.23. The number of benzene rings is 2. The average Bonchev–Trinajstić information content (AvgIpc) is 2.74. The van der Waals surface area contributed by atoms with Gasteiger partial charge in [-0.1, -0.05) is 37.3 Å². The molecule has 0 fully saturated rings. The van der Waals surface area contributed by atoms with Crippen LogP contribution in [0.5, 0.6) is 0 Å². The van der Waals surface area contributed by atoms with Crippen molar-refractivity contribution in [3.63, 3.8) is 0 Å². The SMILES string of the molecule is CCN(CCCNC(=O)CC(C)CC1=NS(=O)(=O)c2ccccc2N1)c1ccccc1. The van der Waals surface area contributed by atoms with Gasteiger partial charge in [-0.25, -0.2) is 0 Å². The molecule has 166 valence electrons. The van der Waals surface area contributed by atoms with Gasteiger partial charge in [-0.05, 0) is 43.5 Å². The summed E-state index contributed by atoms with van der Waals surface area (Å²) in [6, 6.07) is 16.9. The zero-order valence-electron chi connectivity index (χ0n) is 18.0. The van der Waals surface area contributed by atoms with E-state index in [1.165, 1.54) is 11.8 Å². The van der Waals surface area contributed by atoms with Crippen molar-refractivity contribution >= 4 is 33.1 Å². The number of nitrogens with zero attached hydrogens (tertiary/aromatic N) is 2. The third kappa shape index (κ3) is 6.30. The van der Waals surface area contributed by atoms with Crippen LogP contribution in [0.2, 0.25) is 0 Å². The Morgan fingerprint density at radius 3 is 2.58 bits per heavy atom. The molecule has 7 nitrogen and oxygen atoms in total. The predicted octanol–water partition coefficient (Wildman–Crippen LogP) is 3.65. The number of rotatable bonds is 10. The van der Waals surface area contributed by atoms with E-state index in [2.05, 4.69) is 39.0 Å². The summed E-state index contributed by atoms with van der Waals surface area (Å²) in [6.45, 7) is 6.43. The smallest absolute Gasteiger partial charge is 0.286 e. The number of sulfonamides is 1. The molecule has 0 aliphatic carbocycles. The summed E-state index contributed by atoms with van der Waals surface area (Å²) < 4.78 is 28.5. The van der Waals surface area contributed by atoms with E-state index in [0.717, 1.165) is 19.5 Å². The van der Waals surface area contributed by atoms with E-state index < -0.39 is 10.0 Å². The van der Waals surface area contributed by atoms with Crippen LogP contribution in [0.4, 0.5) is 11.4 Å². The third-order valence-corrected chi connectivity index (χ3v) is 6.55. The molecule has 0 spiro atoms. The lowest BCUT2D eigenvalue weighted by Crippen LogP contribution is -2.31. The Hall–Kier alpha value is -2.87. The minimum absolute atomic E-state index is 0.0325. The number of para-hydroxylation sites is 2. The second kappa shape index (κ2) is 10.4. The Kier molecular flexibility index (Phi) is 7.68. The van der Waals surface area contributed by atoms with Crippen LogP contribution in [-0.4, -0.2) is 39.8 Å². The van der Waals surface area contributed by atoms with Crippen LogP contribution in [0.25, 0.3) is 0 Å². The highest BCUT2D eigenvalue weighted by Crippen LogP contribution is 2.28. The van der Waals surface area contributed by atoms with Crippen LogP contribution < -0.4 is 15.5 Å². The van der Waals surface area contributed by atoms with E-state index in [4.69, 9.17) is 0 Å². The molecule has 0 radical (unpaired) electrons. The fourth-order valence-electron chi connectivity index (χ4n) is 3.65. The number of fused-ring (bicyclic) bond motifs is 1. The normalized spacial score (nSPS) is 15.2. The average molecular weight is 443 g/mol. The Morgan fingerprint density at radius 1 is 1.13 bits per heavy atom. The molecule has 3 rings (SSSR count). The molecule has 2 aromatic rings. The highest BCUT2D eigenvalue weighted by Gasteiger charge is 2.25. The fraction of sp³-hybridized carbons (Fsp3) is 0.391. The molecule has 2 N–H and O–H groups in total. The number of amidine groups is 1. The van der Waals surface area contributed by atoms with Crippen LogP contribution in [-0.2, 0) is 14.8 Å². The minimum Gasteiger partial charge on any atom is -0.372 e. The second-order valence-corrected chi connectivity index (χ2v) is 9.34. The fourth-order valence-corrected chi connectivity index (χ4v) is 4.81. The van der Waals surface area contributed by atoms with E-state index in [0.29, 0.717) is 30.9 Å². The maximum absolute atomic E-state index is 12.3. The quantitative estimate of drug-likeness (QED) is 0.548. The lowest BCUT2D eigenvalue weighted by molar-refractivity contribution is -0.121. The zero-order chi connectivity index (χ0) is 22.3. The van der Waals surface area contributed by atoms with Crippen LogP contribution in [0.1, 0.15) is 33.1 Å². The summed E-state index contributed by atoms with van der Waals surface area (Å²) >= 11 is 0. The van der Waals surface area contributed by atoms with Gasteiger partial charge in [-0.2, -0.15) is 8.42 Å². The summed E-state index contributed by atoms with van der Waals surface area (Å²) in [4.78, 5) is 14.8. The molecule has 1 amide bonds. The molecule has 2 aromatic carbocycles. The summed E-state index contributed by atoms with van der Waals surface area (Å²) in [5.74, 6) is 0.304. The molecule has 0 aromatic heterocycles. The summed E-state index contributed by atoms with van der Waals surface area (Å²) in [7, 11) is -3.70. The van der Waals surface area contributed by atoms with E-state index in [9.17, 15) is 13.2 Å². The lowest BCUT2D eigenvalue weighted by atomic mass is 10.0. The number of hydrogen-bond acceptors (Lipinski definition) is 5. The van der Waals surface area contributed by atoms with Gasteiger partial charge in [0, 0.05) is 38.2 Å². The van der Waals surface area contributed by atoms with Crippen LogP contribution in [0.15, 0.2) is 63.9 Å². The number of anilines is 2. The van der Waals surface area contributed by atoms with Crippen LogP contribution in [0.3, 0.4) is 0 Å². The van der Waals surface area contributed by atoms with Crippen molar-refractivity contribution in [2.24, 2.45) is 10.3 Å². The Morgan fingerprint density at radius 2 is 1.84 bits per heavy atom. The number of hydrogen-bond donors (Lipinski definition) is 2. The van der Waals surface area contributed by atoms with Crippen molar-refractivity contribution in [3.8, 4) is 0 Å². The van der Waals surface area contributed by atoms with E-state index in [1.807, 2.05) is 25.1 Å². The van der Waals surface area contributed by atoms with E-state index in [-0.39, 0.29) is 16.7 Å². The molecule has 0 saturated carbocycles. The van der Waals surface area contributed by atoms with Crippen molar-refractivity contribution in [2.45, 2.75) is 38.0 Å². The van der Waals surface area contributed by atoms with E-state index in [1.54, 1.807) is 18.2 Å². The highest BCUT2D eigenvalue weighted by atomic mass is 32.2. The molecule has 1 aliphatic rings. The van der Waals surface area contributed by atoms with Gasteiger partial charge in [0.05, 0.1) is 5.69 Å². The predicted molar refractivity (Wildman–Crippen MR) is 125 cm³/mol. The van der Waals surface area contributed by atoms with Crippen molar-refractivity contribution in [1.29, 1.82) is 0 Å². The molecule has 0 saturated heterocycles. The number of nitrogens with one attached hydrogen (secondary N) is 2. The van der Waals surface area contributed by atoms with Crippen molar-refractivity contribution in [1.82, 2.24) is 5.32 Å². The molecular weight excluding hydrogens is 412 g/mol. The molecular formula is C23H30N4O3S. The van der Waals surface area contributed by atoms with Gasteiger partial charge in [0.25, 0.3) is 10.0 Å². The molecule has 1 aliphatic heterocycles. The Labute approximate surface area is 184 Å². The minimum atomic E-state index is -3.70. The topological polar surface area (TPSA) is 90.9 Å². The van der Waals surface area contributed by atoms with Crippen molar-refractivity contribution in [3.05, 3.63) is 54.6 Å². The van der Waals surface area contributed by atoms with Crippen LogP contribution >= 0.6 is 0 Å². The zero-order valence-corrected chi connectivity index (χ0v) is 18.9. The monoisotopic (exact) mass is 442 g/mol. The van der Waals surface area contributed by atoms with Gasteiger partial charge in [0.2, 0.25) is 5.91 Å². The second-order valence-electron chi connectivity index (χ2n) is 7.77. The first-order valence-electron chi connectivity index (χ1n) is 10.7. The Bertz CT molecular complexity index is 1020. The summed E-state index contributed by atoms with van der Waals surface area (Å²) in [6.07, 6.45) is 1.56. The number of carbonyl (C=O) groups is 1. The van der Waals surface area contributed by atoms with Gasteiger partial charge in [-0.3, -0.25) is 4.79 Å². The third-order valence-electron chi connectivity index (χ3n) is 5.18. The molecule has 1 atom stereocenters. The van der Waals surface area contributed by atoms with Crippen molar-refractivity contribution < 1.29 is 13.2 Å². The first kappa shape index (κ1) is 22.8. The molecule has 31 heavy (non-hydrogen) atoms. The molecule has 8 heteroatoms. The van der Waals surface area contributed by atoms with Gasteiger partial charge in [-0.15, -0.1) is 4.40 Å². The van der Waals surface area contributed by atoms with Gasteiger partial charge < -0.3 is 15.5 Å². The maximum Gasteiger partial charge on any atom is 0.286 e. The van der Waals surface area contributed by atoms with Crippen molar-refractivity contribution in [2.75, 3.05) is 29.9 Å². The van der Waals surface area contributed by atoms with E-state index >= 15 is 0 Å². The first-order valence-corrected chi connectivity index (χ1v) is 12.1. The summed E-state index contributed by atoms with van der Waals surface area (Å²) in [5.41, 5.74) is 1.71. The van der Waals surface area contributed by atoms with Gasteiger partial charge >= 0.3 is 0 Å². The largest absolute Gasteiger partial charge is 0.372 e. The first-order chi connectivity index (χ1) is 14.9. The highest BCUT2D eigenvalue weighted by molar-refractivity contribution is 7.90. The number of carbonyl (C=O) groups excluding carboxylic acids is 1. The molecule has 1 unspecified atom stereocenters. The van der Waals surface area contributed by atoms with Crippen LogP contribution in [0, 0.1) is 5.92 Å². The Balaban J connectivity index is 1.42. The number of amides is 1. The van der Waals surface area contributed by atoms with Gasteiger partial charge in [0.15, 0.2) is 0 Å². The molecule has 1 heterocycles. The van der Waals surface area contributed by atoms with Gasteiger partial charge in [0.1, 0.15) is 10.7 Å². The standard InChI is InChI=1S/C23H30N4O3S/c1-3-27(19-10-5-4-6-11-19)15-9-14-24-23(28)17-18(2)16-22-25-20-12-7-8-13-21(20)31(29,30)26-22/h4-8,10-13,18H,3,9,14-17H2,1-2H3,(H,24,28)(H,25,26). The summed E-state index contributed by atoms with van der Waals surface area (Å²) in [5, 5.41) is 6.05.